The summed E-state index contributed by atoms with van der Waals surface area (Å²) in [5, 5.41) is 2.29. The molecular weight excluding hydrogens is 263 g/mol. The van der Waals surface area contributed by atoms with Gasteiger partial charge in [-0.3, -0.25) is 8.42 Å². The Kier molecular flexibility index (Phi) is 2.01. The van der Waals surface area contributed by atoms with E-state index in [1.165, 1.54) is 0 Å². The first-order chi connectivity index (χ1) is 6.61. The van der Waals surface area contributed by atoms with Crippen LogP contribution in [0.15, 0.2) is 21.5 Å². The Morgan fingerprint density at radius 1 is 1.21 bits per heavy atom. The highest BCUT2D eigenvalue weighted by atomic mass is 35.5. The second-order valence-electron chi connectivity index (χ2n) is 3.59. The normalized spacial score (nSPS) is 54.4. The zero-order valence-electron chi connectivity index (χ0n) is 6.85. The van der Waals surface area contributed by atoms with Gasteiger partial charge in [0.05, 0.1) is 26.5 Å². The predicted molar refractivity (Wildman–Crippen MR) is 59.0 cm³/mol. The Balaban J connectivity index is 2.15. The average Bonchev–Trinajstić information content (AvgIpc) is 2.64. The van der Waals surface area contributed by atoms with Crippen LogP contribution in [-0.4, -0.2) is 24.2 Å². The van der Waals surface area contributed by atoms with Crippen LogP contribution in [0.25, 0.3) is 0 Å². The van der Waals surface area contributed by atoms with E-state index in [1.54, 1.807) is 11.5 Å². The van der Waals surface area contributed by atoms with Crippen molar-refractivity contribution in [3.8, 4) is 0 Å². The first kappa shape index (κ1) is 9.58. The summed E-state index contributed by atoms with van der Waals surface area (Å²) >= 11 is 11.9. The number of allylic oxidation sites excluding steroid dienone is 1. The van der Waals surface area contributed by atoms with Crippen molar-refractivity contribution in [3.63, 3.8) is 0 Å². The molecule has 0 radical (unpaired) electrons. The van der Waals surface area contributed by atoms with Crippen molar-refractivity contribution >= 4 is 44.8 Å². The Bertz CT molecular complexity index is 429. The molecule has 0 saturated carbocycles. The molecule has 14 heavy (non-hydrogen) atoms. The zero-order valence-corrected chi connectivity index (χ0v) is 10.00. The number of halogens is 2. The van der Waals surface area contributed by atoms with Crippen molar-refractivity contribution in [1.29, 1.82) is 0 Å². The molecule has 3 aliphatic heterocycles. The molecule has 0 aliphatic carbocycles. The molecule has 0 aromatic carbocycles. The summed E-state index contributed by atoms with van der Waals surface area (Å²) < 4.78 is 23.5. The highest BCUT2D eigenvalue weighted by molar-refractivity contribution is 7.93. The lowest BCUT2D eigenvalue weighted by Crippen LogP contribution is -2.29. The SMILES string of the molecule is O=S1C=C(Cl)[C@H]2[C@@H]1[C@H]1C=C(Cl)[C@@H]2S1=O. The van der Waals surface area contributed by atoms with Crippen LogP contribution in [0.1, 0.15) is 0 Å². The fourth-order valence-corrected chi connectivity index (χ4v) is 7.84. The molecule has 0 amide bonds. The minimum atomic E-state index is -1.08. The lowest BCUT2D eigenvalue weighted by atomic mass is 9.94. The Hall–Kier alpha value is 0.360. The van der Waals surface area contributed by atoms with Gasteiger partial charge < -0.3 is 0 Å². The molecule has 3 rings (SSSR count). The maximum absolute atomic E-state index is 11.8. The second kappa shape index (κ2) is 2.94. The van der Waals surface area contributed by atoms with E-state index in [0.29, 0.717) is 10.1 Å². The van der Waals surface area contributed by atoms with Crippen molar-refractivity contribution < 1.29 is 8.42 Å². The Morgan fingerprint density at radius 3 is 2.64 bits per heavy atom. The van der Waals surface area contributed by atoms with Crippen molar-refractivity contribution in [1.82, 2.24) is 0 Å². The summed E-state index contributed by atoms with van der Waals surface area (Å²) in [6.45, 7) is 0. The molecular formula is C8H6Cl2O2S2. The highest BCUT2D eigenvalue weighted by Gasteiger charge is 2.59. The first-order valence-corrected chi connectivity index (χ1v) is 7.45. The van der Waals surface area contributed by atoms with Gasteiger partial charge in [0.15, 0.2) is 0 Å². The van der Waals surface area contributed by atoms with Crippen LogP contribution in [-0.2, 0) is 21.6 Å². The molecule has 3 aliphatic rings. The number of hydrogen-bond acceptors (Lipinski definition) is 2. The summed E-state index contributed by atoms with van der Waals surface area (Å²) in [7, 11) is -2.11. The van der Waals surface area contributed by atoms with Crippen LogP contribution in [0.3, 0.4) is 0 Å². The van der Waals surface area contributed by atoms with E-state index in [0.717, 1.165) is 0 Å². The van der Waals surface area contributed by atoms with E-state index < -0.39 is 21.6 Å². The number of fused-ring (bicyclic) bond motifs is 5. The summed E-state index contributed by atoms with van der Waals surface area (Å²) in [6.07, 6.45) is 1.78. The van der Waals surface area contributed by atoms with Crippen molar-refractivity contribution in [2.24, 2.45) is 5.92 Å². The van der Waals surface area contributed by atoms with Gasteiger partial charge in [0.25, 0.3) is 0 Å². The van der Waals surface area contributed by atoms with Gasteiger partial charge in [0.2, 0.25) is 0 Å². The van der Waals surface area contributed by atoms with E-state index in [1.807, 2.05) is 0 Å². The molecule has 76 valence electrons. The third kappa shape index (κ3) is 0.979. The van der Waals surface area contributed by atoms with Crippen LogP contribution < -0.4 is 0 Å². The van der Waals surface area contributed by atoms with Gasteiger partial charge in [0, 0.05) is 32.2 Å². The maximum Gasteiger partial charge on any atom is 0.0797 e. The average molecular weight is 269 g/mol. The predicted octanol–water partition coefficient (Wildman–Crippen LogP) is 1.45. The molecule has 6 atom stereocenters. The lowest BCUT2D eigenvalue weighted by Gasteiger charge is -2.19. The first-order valence-electron chi connectivity index (χ1n) is 4.14. The number of rotatable bonds is 0. The van der Waals surface area contributed by atoms with Crippen LogP contribution in [0.4, 0.5) is 0 Å². The summed E-state index contributed by atoms with van der Waals surface area (Å²) in [4.78, 5) is 0. The van der Waals surface area contributed by atoms with Crippen LogP contribution in [0.5, 0.6) is 0 Å². The van der Waals surface area contributed by atoms with Gasteiger partial charge in [-0.2, -0.15) is 0 Å². The van der Waals surface area contributed by atoms with Crippen molar-refractivity contribution in [3.05, 3.63) is 21.5 Å². The molecule has 2 nitrogen and oxygen atoms in total. The van der Waals surface area contributed by atoms with E-state index in [-0.39, 0.29) is 21.7 Å². The van der Waals surface area contributed by atoms with Gasteiger partial charge >= 0.3 is 0 Å². The Morgan fingerprint density at radius 2 is 1.93 bits per heavy atom. The summed E-state index contributed by atoms with van der Waals surface area (Å²) in [6, 6.07) is 0. The van der Waals surface area contributed by atoms with Gasteiger partial charge in [-0.15, -0.1) is 0 Å². The minimum absolute atomic E-state index is 0.0687. The fourth-order valence-electron chi connectivity index (χ4n) is 2.37. The molecule has 0 aromatic heterocycles. The lowest BCUT2D eigenvalue weighted by molar-refractivity contribution is 0.622. The van der Waals surface area contributed by atoms with E-state index in [4.69, 9.17) is 23.2 Å². The van der Waals surface area contributed by atoms with Gasteiger partial charge in [0.1, 0.15) is 0 Å². The van der Waals surface area contributed by atoms with Gasteiger partial charge in [-0.05, 0) is 0 Å². The van der Waals surface area contributed by atoms with E-state index >= 15 is 0 Å². The largest absolute Gasteiger partial charge is 0.258 e. The zero-order chi connectivity index (χ0) is 10.0. The standard InChI is InChI=1S/C8H6Cl2O2S2/c9-3-1-5-8-6(7(3)14(5)12)4(10)2-13(8)11/h1-2,5-8H/t5-,6-,7+,8+,13?,14?/m1/s1. The van der Waals surface area contributed by atoms with Crippen molar-refractivity contribution in [2.45, 2.75) is 15.7 Å². The van der Waals surface area contributed by atoms with Gasteiger partial charge in [-0.25, -0.2) is 0 Å². The van der Waals surface area contributed by atoms with E-state index in [2.05, 4.69) is 0 Å². The molecule has 2 bridgehead atoms. The monoisotopic (exact) mass is 268 g/mol. The molecule has 0 aromatic rings. The third-order valence-electron chi connectivity index (χ3n) is 2.93. The minimum Gasteiger partial charge on any atom is -0.258 e. The summed E-state index contributed by atoms with van der Waals surface area (Å²) in [5.74, 6) is -0.0687. The van der Waals surface area contributed by atoms with Crippen LogP contribution in [0, 0.1) is 5.92 Å². The fraction of sp³-hybridized carbons (Fsp3) is 0.500. The van der Waals surface area contributed by atoms with Crippen molar-refractivity contribution in [2.75, 3.05) is 0 Å². The molecule has 1 saturated heterocycles. The van der Waals surface area contributed by atoms with Crippen LogP contribution in [0.2, 0.25) is 0 Å². The molecule has 0 N–H and O–H groups in total. The third-order valence-corrected chi connectivity index (χ3v) is 7.71. The second-order valence-corrected chi connectivity index (χ2v) is 7.61. The molecule has 1 fully saturated rings. The topological polar surface area (TPSA) is 34.1 Å². The molecule has 0 spiro atoms. The van der Waals surface area contributed by atoms with E-state index in [9.17, 15) is 8.42 Å². The quantitative estimate of drug-likeness (QED) is 0.667. The van der Waals surface area contributed by atoms with Gasteiger partial charge in [-0.1, -0.05) is 29.3 Å². The Labute approximate surface area is 96.3 Å². The number of hydrogen-bond donors (Lipinski definition) is 0. The molecule has 6 heteroatoms. The maximum atomic E-state index is 11.8. The molecule has 3 heterocycles. The molecule has 2 unspecified atom stereocenters. The smallest absolute Gasteiger partial charge is 0.0797 e. The highest BCUT2D eigenvalue weighted by Crippen LogP contribution is 2.52. The summed E-state index contributed by atoms with van der Waals surface area (Å²) in [5.41, 5.74) is 0. The van der Waals surface area contributed by atoms with Crippen LogP contribution >= 0.6 is 23.2 Å².